The Labute approximate surface area is 154 Å². The van der Waals surface area contributed by atoms with E-state index in [1.807, 2.05) is 6.92 Å². The van der Waals surface area contributed by atoms with E-state index in [9.17, 15) is 23.1 Å². The molecule has 0 aromatic heterocycles. The smallest absolute Gasteiger partial charge is 0.385 e. The Hall–Kier alpha value is -2.30. The number of amides is 1. The highest BCUT2D eigenvalue weighted by Gasteiger charge is 2.42. The monoisotopic (exact) mass is 386 g/mol. The number of alkyl halides is 3. The maximum Gasteiger partial charge on any atom is 0.416 e. The molecule has 0 saturated carbocycles. The van der Waals surface area contributed by atoms with Gasteiger partial charge in [0, 0.05) is 12.5 Å². The third-order valence-corrected chi connectivity index (χ3v) is 4.84. The number of rotatable bonds is 4. The Morgan fingerprint density at radius 1 is 1.37 bits per heavy atom. The summed E-state index contributed by atoms with van der Waals surface area (Å²) >= 11 is 0. The zero-order chi connectivity index (χ0) is 19.8. The first-order valence-electron chi connectivity index (χ1n) is 8.59. The van der Waals surface area contributed by atoms with E-state index in [1.165, 1.54) is 12.1 Å². The first kappa shape index (κ1) is 19.5. The number of aliphatic hydroxyl groups is 1. The first-order chi connectivity index (χ1) is 12.6. The Bertz CT molecular complexity index is 737. The van der Waals surface area contributed by atoms with Crippen LogP contribution in [0.25, 0.3) is 0 Å². The van der Waals surface area contributed by atoms with E-state index >= 15 is 0 Å². The van der Waals surface area contributed by atoms with Crippen LogP contribution in [-0.4, -0.2) is 34.7 Å². The molecule has 2 aliphatic rings. The molecular weight excluding hydrogens is 363 g/mol. The number of piperidine rings is 1. The fourth-order valence-electron chi connectivity index (χ4n) is 3.67. The molecule has 27 heavy (non-hydrogen) atoms. The summed E-state index contributed by atoms with van der Waals surface area (Å²) in [5, 5.41) is 16.1. The van der Waals surface area contributed by atoms with Gasteiger partial charge in [-0.1, -0.05) is 12.1 Å². The molecule has 1 aromatic carbocycles. The lowest BCUT2D eigenvalue weighted by atomic mass is 9.78. The molecule has 0 aliphatic carbocycles. The quantitative estimate of drug-likeness (QED) is 0.455. The molecule has 0 radical (unpaired) electrons. The van der Waals surface area contributed by atoms with Crippen molar-refractivity contribution in [2.24, 2.45) is 5.73 Å². The minimum Gasteiger partial charge on any atom is -0.385 e. The van der Waals surface area contributed by atoms with Gasteiger partial charge in [-0.25, -0.2) is 5.43 Å². The van der Waals surface area contributed by atoms with Crippen molar-refractivity contribution in [1.82, 2.24) is 15.8 Å². The summed E-state index contributed by atoms with van der Waals surface area (Å²) < 4.78 is 38.4. The van der Waals surface area contributed by atoms with Crippen LogP contribution in [0.2, 0.25) is 0 Å². The van der Waals surface area contributed by atoms with Gasteiger partial charge in [-0.15, -0.1) is 5.53 Å². The molecule has 7 nitrogen and oxygen atoms in total. The number of nitrogens with two attached hydrogens (primary N) is 2. The van der Waals surface area contributed by atoms with Crippen LogP contribution in [-0.2, 0) is 16.6 Å². The minimum atomic E-state index is -4.41. The standard InChI is InChI=1S/C17H22F3N5O2/c1-10-6-16(27,11-2-4-12(5-3-11)17(18,19)20)7-13(22-10)14-8-25(24-23-14)9-15(21)26/h2-5,8,10,13,22-24,27H,6-7,9H2,1H3,(H2,21,26)/p+1/t10-,13-,16?/m0/s1. The van der Waals surface area contributed by atoms with Gasteiger partial charge in [0.2, 0.25) is 5.91 Å². The van der Waals surface area contributed by atoms with Gasteiger partial charge in [0.1, 0.15) is 12.2 Å². The molecule has 3 atom stereocenters. The van der Waals surface area contributed by atoms with Gasteiger partial charge in [0.05, 0.1) is 23.4 Å². The maximum atomic E-state index is 12.8. The van der Waals surface area contributed by atoms with Crippen molar-refractivity contribution in [2.75, 3.05) is 6.54 Å². The minimum absolute atomic E-state index is 0.0297. The second kappa shape index (κ2) is 7.02. The van der Waals surface area contributed by atoms with Crippen molar-refractivity contribution in [1.29, 1.82) is 0 Å². The van der Waals surface area contributed by atoms with Crippen LogP contribution >= 0.6 is 0 Å². The number of primary amides is 1. The maximum absolute atomic E-state index is 12.8. The summed E-state index contributed by atoms with van der Waals surface area (Å²) in [6.45, 7) is 1.93. The summed E-state index contributed by atoms with van der Waals surface area (Å²) in [6, 6.07) is 4.33. The topological polar surface area (TPSA) is 107 Å². The molecule has 2 aliphatic heterocycles. The van der Waals surface area contributed by atoms with Crippen LogP contribution in [0.15, 0.2) is 36.2 Å². The van der Waals surface area contributed by atoms with Crippen LogP contribution in [0, 0.1) is 0 Å². The van der Waals surface area contributed by atoms with E-state index < -0.39 is 23.2 Å². The van der Waals surface area contributed by atoms with Gasteiger partial charge in [-0.05, 0) is 31.0 Å². The molecule has 1 saturated heterocycles. The predicted octanol–water partition coefficient (Wildman–Crippen LogP) is -0.341. The van der Waals surface area contributed by atoms with Crippen molar-refractivity contribution >= 4 is 5.91 Å². The zero-order valence-electron chi connectivity index (χ0n) is 14.8. The number of quaternary nitrogens is 1. The highest BCUT2D eigenvalue weighted by atomic mass is 19.4. The second-order valence-electron chi connectivity index (χ2n) is 7.13. The molecule has 0 bridgehead atoms. The lowest BCUT2D eigenvalue weighted by molar-refractivity contribution is -0.821. The second-order valence-corrected chi connectivity index (χ2v) is 7.13. The highest BCUT2D eigenvalue weighted by Crippen LogP contribution is 2.38. The van der Waals surface area contributed by atoms with E-state index in [4.69, 9.17) is 5.73 Å². The van der Waals surface area contributed by atoms with Crippen molar-refractivity contribution in [3.63, 3.8) is 0 Å². The van der Waals surface area contributed by atoms with Crippen molar-refractivity contribution in [2.45, 2.75) is 43.6 Å². The van der Waals surface area contributed by atoms with Crippen LogP contribution in [0.1, 0.15) is 30.9 Å². The molecule has 10 heteroatoms. The Kier molecular flexibility index (Phi) is 5.06. The summed E-state index contributed by atoms with van der Waals surface area (Å²) in [4.78, 5) is 11.0. The number of hydrogen-bond donors (Lipinski definition) is 5. The van der Waals surface area contributed by atoms with E-state index in [0.29, 0.717) is 12.0 Å². The molecule has 2 heterocycles. The molecule has 7 N–H and O–H groups in total. The molecule has 1 unspecified atom stereocenters. The summed E-state index contributed by atoms with van der Waals surface area (Å²) in [6.07, 6.45) is -2.03. The molecule has 3 rings (SSSR count). The highest BCUT2D eigenvalue weighted by molar-refractivity contribution is 5.75. The van der Waals surface area contributed by atoms with Gasteiger partial charge < -0.3 is 16.2 Å². The van der Waals surface area contributed by atoms with Crippen LogP contribution in [0.4, 0.5) is 13.2 Å². The van der Waals surface area contributed by atoms with Crippen LogP contribution < -0.4 is 22.0 Å². The lowest BCUT2D eigenvalue weighted by Gasteiger charge is -2.41. The number of hydrogen-bond acceptors (Lipinski definition) is 5. The fourth-order valence-corrected chi connectivity index (χ4v) is 3.67. The van der Waals surface area contributed by atoms with Crippen LogP contribution in [0.3, 0.4) is 0 Å². The number of carbonyl (C=O) groups is 1. The van der Waals surface area contributed by atoms with Gasteiger partial charge >= 0.3 is 6.18 Å². The first-order valence-corrected chi connectivity index (χ1v) is 8.59. The average molecular weight is 386 g/mol. The zero-order valence-corrected chi connectivity index (χ0v) is 14.8. The number of nitrogens with zero attached hydrogens (tertiary/aromatic N) is 1. The van der Waals surface area contributed by atoms with E-state index in [1.54, 1.807) is 16.7 Å². The van der Waals surface area contributed by atoms with Gasteiger partial charge in [-0.3, -0.25) is 4.79 Å². The van der Waals surface area contributed by atoms with Crippen LogP contribution in [0.5, 0.6) is 0 Å². The third kappa shape index (κ3) is 4.34. The third-order valence-electron chi connectivity index (χ3n) is 4.84. The molecule has 1 aromatic rings. The summed E-state index contributed by atoms with van der Waals surface area (Å²) in [5.41, 5.74) is 9.05. The lowest BCUT2D eigenvalue weighted by Crippen LogP contribution is -2.97. The molecule has 1 fully saturated rings. The van der Waals surface area contributed by atoms with E-state index in [0.717, 1.165) is 17.8 Å². The van der Waals surface area contributed by atoms with Crippen molar-refractivity contribution in [3.05, 3.63) is 47.3 Å². The molecule has 148 valence electrons. The van der Waals surface area contributed by atoms with E-state index in [-0.39, 0.29) is 25.0 Å². The number of halogens is 3. The normalized spacial score (nSPS) is 28.6. The number of benzene rings is 1. The molecule has 1 amide bonds. The largest absolute Gasteiger partial charge is 0.416 e. The predicted molar refractivity (Wildman–Crippen MR) is 90.0 cm³/mol. The van der Waals surface area contributed by atoms with Gasteiger partial charge in [-0.2, -0.15) is 18.2 Å². The average Bonchev–Trinajstić information content (AvgIpc) is 3.01. The molecule has 0 spiro atoms. The summed E-state index contributed by atoms with van der Waals surface area (Å²) in [7, 11) is 0. The Morgan fingerprint density at radius 3 is 2.63 bits per heavy atom. The molecular formula is C17H23F3N5O2+. The van der Waals surface area contributed by atoms with Crippen molar-refractivity contribution < 1.29 is 28.6 Å². The Morgan fingerprint density at radius 2 is 2.04 bits per heavy atom. The van der Waals surface area contributed by atoms with E-state index in [2.05, 4.69) is 10.7 Å². The van der Waals surface area contributed by atoms with Crippen molar-refractivity contribution in [3.8, 4) is 0 Å². The summed E-state index contributed by atoms with van der Waals surface area (Å²) in [5.74, 6) is -0.475. The van der Waals surface area contributed by atoms with Gasteiger partial charge in [0.15, 0.2) is 0 Å². The number of carbonyl (C=O) groups excluding carboxylic acids is 1. The Balaban J connectivity index is 1.79. The fraction of sp³-hybridized carbons (Fsp3) is 0.471. The number of nitrogens with one attached hydrogen (secondary N) is 2. The van der Waals surface area contributed by atoms with Gasteiger partial charge in [0.25, 0.3) is 0 Å². The SMILES string of the molecule is C[C@H]1CC(O)(c2ccc(C(F)(F)F)cc2)C[C@@H](C2=CN(CC(N)=O)[NH2+]N2)N1.